The van der Waals surface area contributed by atoms with E-state index in [-0.39, 0.29) is 19.1 Å². The first-order valence-corrected chi connectivity index (χ1v) is 13.3. The number of carbonyl (C=O) groups is 1. The fourth-order valence-corrected chi connectivity index (χ4v) is 4.68. The van der Waals surface area contributed by atoms with Crippen molar-refractivity contribution in [3.05, 3.63) is 108 Å². The summed E-state index contributed by atoms with van der Waals surface area (Å²) in [5.74, 6) is 0.811. The van der Waals surface area contributed by atoms with E-state index in [2.05, 4.69) is 37.2 Å². The van der Waals surface area contributed by atoms with Gasteiger partial charge in [-0.15, -0.1) is 0 Å². The highest BCUT2D eigenvalue weighted by Crippen LogP contribution is 2.29. The molecular weight excluding hydrogens is 531 g/mol. The number of aromatic nitrogens is 2. The van der Waals surface area contributed by atoms with Gasteiger partial charge in [-0.25, -0.2) is 9.97 Å². The van der Waals surface area contributed by atoms with Crippen molar-refractivity contribution in [2.75, 3.05) is 37.7 Å². The number of carbonyl (C=O) groups excluding carboxylic acids is 1. The lowest BCUT2D eigenvalue weighted by Gasteiger charge is -2.36. The molecule has 5 rings (SSSR count). The number of benzene rings is 3. The molecule has 3 aromatic carbocycles. The van der Waals surface area contributed by atoms with Gasteiger partial charge < -0.3 is 15.0 Å². The molecule has 7 nitrogen and oxygen atoms in total. The van der Waals surface area contributed by atoms with Gasteiger partial charge in [0.25, 0.3) is 5.91 Å². The number of hydrogen-bond acceptors (Lipinski definition) is 6. The lowest BCUT2D eigenvalue weighted by Crippen LogP contribution is -2.46. The first-order valence-electron chi connectivity index (χ1n) is 13.3. The molecule has 4 aromatic rings. The fourth-order valence-electron chi connectivity index (χ4n) is 4.68. The van der Waals surface area contributed by atoms with E-state index in [9.17, 15) is 18.0 Å². The van der Waals surface area contributed by atoms with Crippen LogP contribution in [0.3, 0.4) is 0 Å². The van der Waals surface area contributed by atoms with Gasteiger partial charge in [-0.3, -0.25) is 9.69 Å². The molecule has 0 unspecified atom stereocenters. The molecule has 1 aliphatic rings. The Kier molecular flexibility index (Phi) is 8.79. The summed E-state index contributed by atoms with van der Waals surface area (Å²) in [6.45, 7) is 4.04. The van der Waals surface area contributed by atoms with Crippen molar-refractivity contribution in [2.24, 2.45) is 0 Å². The Morgan fingerprint density at radius 3 is 2.27 bits per heavy atom. The number of hydrogen-bond donors (Lipinski definition) is 1. The summed E-state index contributed by atoms with van der Waals surface area (Å²) in [6.07, 6.45) is -1.02. The minimum atomic E-state index is -4.40. The third-order valence-electron chi connectivity index (χ3n) is 6.90. The minimum absolute atomic E-state index is 0.100. The largest absolute Gasteiger partial charge is 0.483 e. The first-order chi connectivity index (χ1) is 19.8. The number of ether oxygens (including phenoxy) is 1. The molecule has 0 atom stereocenters. The molecule has 1 fully saturated rings. The van der Waals surface area contributed by atoms with E-state index < -0.39 is 11.7 Å². The maximum Gasteiger partial charge on any atom is 0.416 e. The highest BCUT2D eigenvalue weighted by atomic mass is 19.4. The van der Waals surface area contributed by atoms with Crippen LogP contribution in [0.25, 0.3) is 11.4 Å². The van der Waals surface area contributed by atoms with Crippen LogP contribution in [0, 0.1) is 0 Å². The summed E-state index contributed by atoms with van der Waals surface area (Å²) in [7, 11) is 0. The number of para-hydroxylation sites is 1. The molecule has 0 spiro atoms. The number of piperazine rings is 1. The highest BCUT2D eigenvalue weighted by molar-refractivity contribution is 5.77. The molecule has 0 bridgehead atoms. The Labute approximate surface area is 236 Å². The molecule has 41 heavy (non-hydrogen) atoms. The van der Waals surface area contributed by atoms with Crippen molar-refractivity contribution >= 4 is 11.6 Å². The quantitative estimate of drug-likeness (QED) is 0.304. The number of alkyl halides is 3. The van der Waals surface area contributed by atoms with Crippen LogP contribution in [0.4, 0.5) is 18.9 Å². The molecule has 1 saturated heterocycles. The predicted molar refractivity (Wildman–Crippen MR) is 150 cm³/mol. The normalized spacial score (nSPS) is 14.1. The Hall–Kier alpha value is -4.44. The molecule has 0 radical (unpaired) electrons. The van der Waals surface area contributed by atoms with Gasteiger partial charge in [0, 0.05) is 68.5 Å². The smallest absolute Gasteiger partial charge is 0.416 e. The SMILES string of the molecule is O=C(COc1ccc(-c2ncccn2)cc1CN1CCN(c2ccccc2)CC1)NCc1ccc(C(F)(F)F)cc1. The summed E-state index contributed by atoms with van der Waals surface area (Å²) in [5, 5.41) is 2.70. The summed E-state index contributed by atoms with van der Waals surface area (Å²) >= 11 is 0. The second-order valence-electron chi connectivity index (χ2n) is 9.75. The summed E-state index contributed by atoms with van der Waals surface area (Å²) < 4.78 is 44.3. The number of anilines is 1. The van der Waals surface area contributed by atoms with Crippen LogP contribution in [0.2, 0.25) is 0 Å². The Morgan fingerprint density at radius 1 is 0.878 bits per heavy atom. The van der Waals surface area contributed by atoms with Gasteiger partial charge in [0.15, 0.2) is 12.4 Å². The van der Waals surface area contributed by atoms with E-state index in [1.54, 1.807) is 18.5 Å². The maximum atomic E-state index is 12.8. The van der Waals surface area contributed by atoms with Crippen molar-refractivity contribution in [1.82, 2.24) is 20.2 Å². The summed E-state index contributed by atoms with van der Waals surface area (Å²) in [4.78, 5) is 26.0. The van der Waals surface area contributed by atoms with Crippen LogP contribution in [-0.2, 0) is 24.1 Å². The van der Waals surface area contributed by atoms with Crippen LogP contribution in [0.5, 0.6) is 5.75 Å². The molecule has 0 aliphatic carbocycles. The molecule has 0 saturated carbocycles. The molecule has 1 amide bonds. The number of rotatable bonds is 9. The first kappa shape index (κ1) is 28.1. The topological polar surface area (TPSA) is 70.6 Å². The molecular formula is C31H30F3N5O2. The standard InChI is InChI=1S/C31H30F3N5O2/c32-31(33,34)26-10-7-23(8-11-26)20-37-29(40)22-41-28-12-9-24(30-35-13-4-14-36-30)19-25(28)21-38-15-17-39(18-16-38)27-5-2-1-3-6-27/h1-14,19H,15-18,20-22H2,(H,37,40). The molecule has 212 valence electrons. The summed E-state index contributed by atoms with van der Waals surface area (Å²) in [5.41, 5.74) is 2.81. The van der Waals surface area contributed by atoms with Crippen LogP contribution in [0.1, 0.15) is 16.7 Å². The lowest BCUT2D eigenvalue weighted by atomic mass is 10.1. The highest BCUT2D eigenvalue weighted by Gasteiger charge is 2.30. The van der Waals surface area contributed by atoms with Crippen molar-refractivity contribution in [3.63, 3.8) is 0 Å². The Bertz CT molecular complexity index is 1430. The zero-order chi connectivity index (χ0) is 28.7. The van der Waals surface area contributed by atoms with E-state index in [4.69, 9.17) is 4.74 Å². The minimum Gasteiger partial charge on any atom is -0.483 e. The number of halogens is 3. The second-order valence-corrected chi connectivity index (χ2v) is 9.75. The third-order valence-corrected chi connectivity index (χ3v) is 6.90. The average molecular weight is 562 g/mol. The number of nitrogens with one attached hydrogen (secondary N) is 1. The summed E-state index contributed by atoms with van der Waals surface area (Å²) in [6, 6.07) is 22.5. The molecule has 2 heterocycles. The monoisotopic (exact) mass is 561 g/mol. The van der Waals surface area contributed by atoms with Crippen LogP contribution >= 0.6 is 0 Å². The van der Waals surface area contributed by atoms with Crippen LogP contribution < -0.4 is 15.0 Å². The Morgan fingerprint density at radius 2 is 1.59 bits per heavy atom. The van der Waals surface area contributed by atoms with Gasteiger partial charge >= 0.3 is 6.18 Å². The molecule has 1 aliphatic heterocycles. The van der Waals surface area contributed by atoms with Gasteiger partial charge in [-0.2, -0.15) is 13.2 Å². The number of amides is 1. The third kappa shape index (κ3) is 7.61. The van der Waals surface area contributed by atoms with Gasteiger partial charge in [-0.1, -0.05) is 30.3 Å². The lowest BCUT2D eigenvalue weighted by molar-refractivity contribution is -0.137. The number of nitrogens with zero attached hydrogens (tertiary/aromatic N) is 4. The van der Waals surface area contributed by atoms with Crippen LogP contribution in [-0.4, -0.2) is 53.6 Å². The van der Waals surface area contributed by atoms with Crippen molar-refractivity contribution in [2.45, 2.75) is 19.3 Å². The van der Waals surface area contributed by atoms with Crippen molar-refractivity contribution < 1.29 is 22.7 Å². The van der Waals surface area contributed by atoms with Gasteiger partial charge in [-0.05, 0) is 54.1 Å². The van der Waals surface area contributed by atoms with Gasteiger partial charge in [0.05, 0.1) is 5.56 Å². The molecule has 1 N–H and O–H groups in total. The van der Waals surface area contributed by atoms with Crippen LogP contribution in [0.15, 0.2) is 91.3 Å². The van der Waals surface area contributed by atoms with E-state index in [0.717, 1.165) is 49.4 Å². The van der Waals surface area contributed by atoms with Crippen molar-refractivity contribution in [1.29, 1.82) is 0 Å². The second kappa shape index (κ2) is 12.8. The van der Waals surface area contributed by atoms with Gasteiger partial charge in [0.1, 0.15) is 5.75 Å². The van der Waals surface area contributed by atoms with E-state index in [1.807, 2.05) is 36.4 Å². The Balaban J connectivity index is 1.22. The zero-order valence-electron chi connectivity index (χ0n) is 22.3. The van der Waals surface area contributed by atoms with E-state index in [0.29, 0.717) is 23.7 Å². The molecule has 10 heteroatoms. The van der Waals surface area contributed by atoms with Gasteiger partial charge in [0.2, 0.25) is 0 Å². The van der Waals surface area contributed by atoms with E-state index in [1.165, 1.54) is 17.8 Å². The predicted octanol–water partition coefficient (Wildman–Crippen LogP) is 5.18. The van der Waals surface area contributed by atoms with E-state index >= 15 is 0 Å². The zero-order valence-corrected chi connectivity index (χ0v) is 22.3. The average Bonchev–Trinajstić information content (AvgIpc) is 3.00. The maximum absolute atomic E-state index is 12.8. The van der Waals surface area contributed by atoms with Crippen molar-refractivity contribution in [3.8, 4) is 17.1 Å². The molecule has 1 aromatic heterocycles. The fraction of sp³-hybridized carbons (Fsp3) is 0.258.